The van der Waals surface area contributed by atoms with Crippen LogP contribution < -0.4 is 4.74 Å². The quantitative estimate of drug-likeness (QED) is 0.699. The normalized spacial score (nSPS) is 42.7. The molecule has 0 saturated heterocycles. The van der Waals surface area contributed by atoms with E-state index in [0.717, 1.165) is 31.1 Å². The third-order valence-electron chi connectivity index (χ3n) is 9.53. The smallest absolute Gasteiger partial charge is 0.136 e. The lowest BCUT2D eigenvalue weighted by atomic mass is 9.47. The Labute approximate surface area is 157 Å². The van der Waals surface area contributed by atoms with E-state index in [-0.39, 0.29) is 10.8 Å². The van der Waals surface area contributed by atoms with Gasteiger partial charge in [0.2, 0.25) is 0 Å². The molecule has 4 aliphatic carbocycles. The number of aryl methyl sites for hydroxylation is 1. The molecule has 3 fully saturated rings. The summed E-state index contributed by atoms with van der Waals surface area (Å²) in [6.45, 7) is 7.17. The number of hydrogen-bond acceptors (Lipinski definition) is 2. The van der Waals surface area contributed by atoms with Crippen LogP contribution in [0.4, 0.5) is 0 Å². The van der Waals surface area contributed by atoms with Crippen molar-refractivity contribution < 1.29 is 9.53 Å². The maximum absolute atomic E-state index is 12.7. The summed E-state index contributed by atoms with van der Waals surface area (Å²) in [5.41, 5.74) is 3.77. The largest absolute Gasteiger partial charge is 0.494 e. The lowest BCUT2D eigenvalue weighted by Crippen LogP contribution is -2.51. The second-order valence-electron chi connectivity index (χ2n) is 9.71. The van der Waals surface area contributed by atoms with Crippen molar-refractivity contribution in [3.63, 3.8) is 0 Å². The summed E-state index contributed by atoms with van der Waals surface area (Å²) in [5, 5.41) is 0. The highest BCUT2D eigenvalue weighted by atomic mass is 16.5. The molecule has 140 valence electrons. The molecule has 0 spiro atoms. The zero-order chi connectivity index (χ0) is 18.2. The summed E-state index contributed by atoms with van der Waals surface area (Å²) in [7, 11) is 0. The average molecular weight is 353 g/mol. The second-order valence-corrected chi connectivity index (χ2v) is 9.71. The minimum absolute atomic E-state index is 0.00291. The van der Waals surface area contributed by atoms with E-state index in [0.29, 0.717) is 17.1 Å². The molecule has 1 aromatic carbocycles. The van der Waals surface area contributed by atoms with E-state index in [2.05, 4.69) is 32.0 Å². The van der Waals surface area contributed by atoms with Crippen LogP contribution in [0.2, 0.25) is 0 Å². The Hall–Kier alpha value is -1.31. The van der Waals surface area contributed by atoms with Gasteiger partial charge in [-0.25, -0.2) is 0 Å². The second kappa shape index (κ2) is 5.36. The first-order chi connectivity index (χ1) is 12.5. The molecule has 3 atom stereocenters. The Morgan fingerprint density at radius 1 is 1.15 bits per heavy atom. The molecule has 0 N–H and O–H groups in total. The van der Waals surface area contributed by atoms with Crippen LogP contribution in [0.15, 0.2) is 18.2 Å². The van der Waals surface area contributed by atoms with Gasteiger partial charge in [-0.3, -0.25) is 4.79 Å². The molecule has 0 amide bonds. The number of ether oxygens (including phenoxy) is 1. The fourth-order valence-electron chi connectivity index (χ4n) is 8.32. The van der Waals surface area contributed by atoms with Gasteiger partial charge in [-0.2, -0.15) is 0 Å². The van der Waals surface area contributed by atoms with Gasteiger partial charge in [0.1, 0.15) is 11.5 Å². The molecule has 2 heteroatoms. The average Bonchev–Trinajstić information content (AvgIpc) is 3.06. The minimum Gasteiger partial charge on any atom is -0.494 e. The highest BCUT2D eigenvalue weighted by Gasteiger charge is 2.74. The van der Waals surface area contributed by atoms with Crippen LogP contribution in [0, 0.1) is 22.2 Å². The molecule has 0 aliphatic heterocycles. The number of rotatable bonds is 3. The van der Waals surface area contributed by atoms with Crippen molar-refractivity contribution in [2.75, 3.05) is 6.61 Å². The van der Waals surface area contributed by atoms with E-state index in [1.54, 1.807) is 5.56 Å². The fraction of sp³-hybridized carbons (Fsp3) is 0.708. The van der Waals surface area contributed by atoms with Crippen LogP contribution in [-0.4, -0.2) is 12.4 Å². The van der Waals surface area contributed by atoms with E-state index in [4.69, 9.17) is 4.74 Å². The first kappa shape index (κ1) is 16.8. The Morgan fingerprint density at radius 3 is 2.62 bits per heavy atom. The van der Waals surface area contributed by atoms with Gasteiger partial charge in [-0.15, -0.1) is 0 Å². The lowest BCUT2D eigenvalue weighted by Gasteiger charge is -2.57. The van der Waals surface area contributed by atoms with Gasteiger partial charge in [0.15, 0.2) is 0 Å². The van der Waals surface area contributed by atoms with Gasteiger partial charge in [-0.05, 0) is 111 Å². The highest BCUT2D eigenvalue weighted by Crippen LogP contribution is 2.80. The van der Waals surface area contributed by atoms with Gasteiger partial charge in [0, 0.05) is 5.41 Å². The molecule has 4 aliphatic rings. The first-order valence-corrected chi connectivity index (χ1v) is 10.7. The molecule has 5 rings (SSSR count). The summed E-state index contributed by atoms with van der Waals surface area (Å²) >= 11 is 0. The van der Waals surface area contributed by atoms with Crippen molar-refractivity contribution in [2.45, 2.75) is 78.1 Å². The lowest BCUT2D eigenvalue weighted by molar-refractivity contribution is -0.135. The third kappa shape index (κ3) is 1.77. The molecule has 2 nitrogen and oxygen atoms in total. The maximum atomic E-state index is 12.7. The number of benzene rings is 1. The SMILES string of the molecule is CCOc1ccc2c(c1)CC[C@@H]1[C@@H]2CC[C@]2(C)C3(C(C)=O)CCC12CC3. The molecular weight excluding hydrogens is 320 g/mol. The van der Waals surface area contributed by atoms with Crippen LogP contribution in [0.5, 0.6) is 5.75 Å². The van der Waals surface area contributed by atoms with Crippen LogP contribution in [-0.2, 0) is 11.2 Å². The van der Waals surface area contributed by atoms with E-state index in [1.807, 2.05) is 6.92 Å². The van der Waals surface area contributed by atoms with Crippen molar-refractivity contribution >= 4 is 5.78 Å². The predicted molar refractivity (Wildman–Crippen MR) is 104 cm³/mol. The standard InChI is InChI=1S/C24H32O2/c1-4-26-18-6-7-19-17(15-18)5-8-21-20(19)9-10-22(3)23(16(2)25)11-13-24(21,22)14-12-23/h6-7,15,20-21H,4-5,8-14H2,1-3H3/t20-,21-,22-,23?,24?/m1/s1. The maximum Gasteiger partial charge on any atom is 0.136 e. The summed E-state index contributed by atoms with van der Waals surface area (Å²) in [6.07, 6.45) is 9.86. The predicted octanol–water partition coefficient (Wildman–Crippen LogP) is 5.68. The van der Waals surface area contributed by atoms with Crippen molar-refractivity contribution in [3.8, 4) is 5.75 Å². The Balaban J connectivity index is 1.54. The number of fused-ring (bicyclic) bond motifs is 3. The molecule has 0 unspecified atom stereocenters. The monoisotopic (exact) mass is 352 g/mol. The zero-order valence-corrected chi connectivity index (χ0v) is 16.6. The Kier molecular flexibility index (Phi) is 3.47. The van der Waals surface area contributed by atoms with Gasteiger partial charge in [0.05, 0.1) is 6.61 Å². The van der Waals surface area contributed by atoms with Gasteiger partial charge < -0.3 is 4.74 Å². The van der Waals surface area contributed by atoms with Crippen LogP contribution in [0.25, 0.3) is 0 Å². The van der Waals surface area contributed by atoms with E-state index < -0.39 is 0 Å². The molecule has 3 saturated carbocycles. The van der Waals surface area contributed by atoms with E-state index >= 15 is 0 Å². The summed E-state index contributed by atoms with van der Waals surface area (Å²) in [5.74, 6) is 2.98. The molecule has 0 heterocycles. The number of Topliss-reactive ketones (excluding diaryl/α,β-unsaturated/α-hetero) is 1. The van der Waals surface area contributed by atoms with Gasteiger partial charge in [0.25, 0.3) is 0 Å². The van der Waals surface area contributed by atoms with Gasteiger partial charge >= 0.3 is 0 Å². The first-order valence-electron chi connectivity index (χ1n) is 10.7. The molecule has 0 aromatic heterocycles. The molecule has 26 heavy (non-hydrogen) atoms. The van der Waals surface area contributed by atoms with Crippen molar-refractivity contribution in [3.05, 3.63) is 29.3 Å². The Bertz CT molecular complexity index is 755. The topological polar surface area (TPSA) is 26.3 Å². The minimum atomic E-state index is -0.00291. The van der Waals surface area contributed by atoms with E-state index in [9.17, 15) is 4.79 Å². The van der Waals surface area contributed by atoms with Crippen molar-refractivity contribution in [1.29, 1.82) is 0 Å². The molecule has 2 bridgehead atoms. The van der Waals surface area contributed by atoms with Crippen molar-refractivity contribution in [1.82, 2.24) is 0 Å². The summed E-state index contributed by atoms with van der Waals surface area (Å²) < 4.78 is 5.74. The van der Waals surface area contributed by atoms with Crippen molar-refractivity contribution in [2.24, 2.45) is 22.2 Å². The molecular formula is C24H32O2. The zero-order valence-electron chi connectivity index (χ0n) is 16.6. The number of ketones is 1. The Morgan fingerprint density at radius 2 is 1.92 bits per heavy atom. The summed E-state index contributed by atoms with van der Waals surface area (Å²) in [4.78, 5) is 12.7. The number of carbonyl (C=O) groups excluding carboxylic acids is 1. The number of carbonyl (C=O) groups is 1. The van der Waals surface area contributed by atoms with Gasteiger partial charge in [-0.1, -0.05) is 13.0 Å². The van der Waals surface area contributed by atoms with E-state index in [1.165, 1.54) is 44.1 Å². The molecule has 1 aromatic rings. The fourth-order valence-corrected chi connectivity index (χ4v) is 8.32. The molecule has 0 radical (unpaired) electrons. The third-order valence-corrected chi connectivity index (χ3v) is 9.53. The van der Waals surface area contributed by atoms with Crippen LogP contribution in [0.1, 0.15) is 82.8 Å². The number of hydrogen-bond donors (Lipinski definition) is 0. The summed E-state index contributed by atoms with van der Waals surface area (Å²) in [6, 6.07) is 6.83. The van der Waals surface area contributed by atoms with Crippen LogP contribution in [0.3, 0.4) is 0 Å². The van der Waals surface area contributed by atoms with Crippen LogP contribution >= 0.6 is 0 Å². The highest BCUT2D eigenvalue weighted by molar-refractivity contribution is 5.84.